The first kappa shape index (κ1) is 19.8. The van der Waals surface area contributed by atoms with Gasteiger partial charge in [0.2, 0.25) is 5.91 Å². The summed E-state index contributed by atoms with van der Waals surface area (Å²) in [5.74, 6) is 0.0103. The quantitative estimate of drug-likeness (QED) is 0.622. The van der Waals surface area contributed by atoms with Crippen LogP contribution in [-0.2, 0) is 21.2 Å². The van der Waals surface area contributed by atoms with Crippen molar-refractivity contribution in [3.63, 3.8) is 0 Å². The van der Waals surface area contributed by atoms with Crippen LogP contribution >= 0.6 is 0 Å². The molecule has 2 aromatic carbocycles. The van der Waals surface area contributed by atoms with E-state index in [1.165, 1.54) is 18.2 Å². The highest BCUT2D eigenvalue weighted by atomic mass is 32.2. The zero-order valence-electron chi connectivity index (χ0n) is 15.8. The van der Waals surface area contributed by atoms with Crippen molar-refractivity contribution in [1.82, 2.24) is 0 Å². The predicted octanol–water partition coefficient (Wildman–Crippen LogP) is 3.33. The number of anilines is 2. The lowest BCUT2D eigenvalue weighted by Crippen LogP contribution is -2.38. The average Bonchev–Trinajstić information content (AvgIpc) is 3.03. The fourth-order valence-corrected chi connectivity index (χ4v) is 4.15. The second-order valence-electron chi connectivity index (χ2n) is 7.66. The monoisotopic (exact) mass is 403 g/mol. The summed E-state index contributed by atoms with van der Waals surface area (Å²) in [6.07, 6.45) is 0.629. The highest BCUT2D eigenvalue weighted by molar-refractivity contribution is 7.92. The molecule has 0 radical (unpaired) electrons. The first-order chi connectivity index (χ1) is 13.0. The molecule has 148 valence electrons. The summed E-state index contributed by atoms with van der Waals surface area (Å²) >= 11 is 0. The summed E-state index contributed by atoms with van der Waals surface area (Å²) in [6.45, 7) is 6.12. The van der Waals surface area contributed by atoms with Gasteiger partial charge in [-0.3, -0.25) is 19.6 Å². The van der Waals surface area contributed by atoms with Crippen molar-refractivity contribution >= 4 is 33.0 Å². The maximum atomic E-state index is 12.6. The van der Waals surface area contributed by atoms with Gasteiger partial charge in [0.05, 0.1) is 9.82 Å². The highest BCUT2D eigenvalue weighted by Gasteiger charge is 2.32. The van der Waals surface area contributed by atoms with Gasteiger partial charge in [-0.05, 0) is 36.2 Å². The fourth-order valence-electron chi connectivity index (χ4n) is 3.06. The lowest BCUT2D eigenvalue weighted by atomic mass is 9.94. The Morgan fingerprint density at radius 3 is 2.54 bits per heavy atom. The van der Waals surface area contributed by atoms with E-state index in [9.17, 15) is 23.3 Å². The first-order valence-electron chi connectivity index (χ1n) is 8.71. The number of nitro benzene ring substituents is 1. The Morgan fingerprint density at radius 2 is 1.89 bits per heavy atom. The van der Waals surface area contributed by atoms with Crippen LogP contribution in [0.3, 0.4) is 0 Å². The van der Waals surface area contributed by atoms with Crippen molar-refractivity contribution in [2.75, 3.05) is 16.2 Å². The fraction of sp³-hybridized carbons (Fsp3) is 0.316. The number of nitro groups is 1. The van der Waals surface area contributed by atoms with E-state index in [-0.39, 0.29) is 16.5 Å². The minimum Gasteiger partial charge on any atom is -0.311 e. The van der Waals surface area contributed by atoms with Crippen LogP contribution in [0.5, 0.6) is 0 Å². The molecule has 0 spiro atoms. The Bertz CT molecular complexity index is 1060. The van der Waals surface area contributed by atoms with Crippen molar-refractivity contribution in [2.45, 2.75) is 32.1 Å². The van der Waals surface area contributed by atoms with Crippen LogP contribution in [0.25, 0.3) is 0 Å². The molecule has 0 unspecified atom stereocenters. The summed E-state index contributed by atoms with van der Waals surface area (Å²) in [7, 11) is -3.97. The van der Waals surface area contributed by atoms with Crippen LogP contribution in [-0.4, -0.2) is 25.8 Å². The van der Waals surface area contributed by atoms with E-state index in [1.807, 2.05) is 20.8 Å². The van der Waals surface area contributed by atoms with Crippen molar-refractivity contribution in [3.8, 4) is 0 Å². The number of benzene rings is 2. The van der Waals surface area contributed by atoms with Gasteiger partial charge < -0.3 is 4.90 Å². The first-order valence-corrected chi connectivity index (χ1v) is 10.2. The van der Waals surface area contributed by atoms with Crippen LogP contribution in [0.2, 0.25) is 0 Å². The van der Waals surface area contributed by atoms with Crippen LogP contribution < -0.4 is 9.62 Å². The number of hydrogen-bond donors (Lipinski definition) is 1. The Morgan fingerprint density at radius 1 is 1.18 bits per heavy atom. The number of carbonyl (C=O) groups excluding carboxylic acids is 1. The lowest BCUT2D eigenvalue weighted by molar-refractivity contribution is -0.385. The van der Waals surface area contributed by atoms with Crippen LogP contribution in [0.15, 0.2) is 47.4 Å². The Balaban J connectivity index is 1.86. The summed E-state index contributed by atoms with van der Waals surface area (Å²) in [4.78, 5) is 24.3. The smallest absolute Gasteiger partial charge is 0.270 e. The third-order valence-electron chi connectivity index (χ3n) is 4.45. The van der Waals surface area contributed by atoms with E-state index >= 15 is 0 Å². The van der Waals surface area contributed by atoms with E-state index in [0.717, 1.165) is 17.3 Å². The molecule has 3 rings (SSSR count). The van der Waals surface area contributed by atoms with E-state index in [2.05, 4.69) is 4.72 Å². The molecule has 9 heteroatoms. The van der Waals surface area contributed by atoms with E-state index in [1.54, 1.807) is 23.1 Å². The third-order valence-corrected chi connectivity index (χ3v) is 5.83. The van der Waals surface area contributed by atoms with Gasteiger partial charge in [-0.15, -0.1) is 0 Å². The van der Waals surface area contributed by atoms with Crippen molar-refractivity contribution < 1.29 is 18.1 Å². The molecule has 8 nitrogen and oxygen atoms in total. The topological polar surface area (TPSA) is 110 Å². The number of non-ortho nitro benzene ring substituents is 1. The summed E-state index contributed by atoms with van der Waals surface area (Å²) < 4.78 is 27.6. The molecule has 0 atom stereocenters. The molecule has 1 heterocycles. The molecule has 2 aromatic rings. The Hall–Kier alpha value is -2.94. The Labute approximate surface area is 163 Å². The average molecular weight is 403 g/mol. The number of carbonyl (C=O) groups is 1. The predicted molar refractivity (Wildman–Crippen MR) is 106 cm³/mol. The van der Waals surface area contributed by atoms with Crippen LogP contribution in [0, 0.1) is 15.5 Å². The molecule has 0 saturated carbocycles. The van der Waals surface area contributed by atoms with Gasteiger partial charge in [0.15, 0.2) is 0 Å². The van der Waals surface area contributed by atoms with Gasteiger partial charge in [-0.2, -0.15) is 0 Å². The second kappa shape index (κ2) is 6.90. The highest BCUT2D eigenvalue weighted by Crippen LogP contribution is 2.34. The number of nitrogens with zero attached hydrogens (tertiary/aromatic N) is 2. The van der Waals surface area contributed by atoms with Crippen molar-refractivity contribution in [3.05, 3.63) is 58.1 Å². The summed E-state index contributed by atoms with van der Waals surface area (Å²) in [5, 5.41) is 10.9. The maximum Gasteiger partial charge on any atom is 0.270 e. The number of fused-ring (bicyclic) bond motifs is 1. The zero-order chi connectivity index (χ0) is 20.7. The molecule has 1 aliphatic rings. The van der Waals surface area contributed by atoms with Gasteiger partial charge in [-0.25, -0.2) is 8.42 Å². The molecule has 0 fully saturated rings. The second-order valence-corrected chi connectivity index (χ2v) is 9.34. The van der Waals surface area contributed by atoms with E-state index < -0.39 is 20.4 Å². The van der Waals surface area contributed by atoms with Crippen LogP contribution in [0.4, 0.5) is 17.1 Å². The van der Waals surface area contributed by atoms with Crippen molar-refractivity contribution in [1.29, 1.82) is 0 Å². The molecule has 0 saturated heterocycles. The normalized spacial score (nSPS) is 13.9. The Kier molecular flexibility index (Phi) is 4.88. The summed E-state index contributed by atoms with van der Waals surface area (Å²) in [6, 6.07) is 9.87. The number of rotatable bonds is 4. The molecule has 1 N–H and O–H groups in total. The van der Waals surface area contributed by atoms with E-state index in [4.69, 9.17) is 0 Å². The van der Waals surface area contributed by atoms with Gasteiger partial charge >= 0.3 is 0 Å². The maximum absolute atomic E-state index is 12.6. The molecule has 1 amide bonds. The third kappa shape index (κ3) is 3.84. The SMILES string of the molecule is CC(C)(C)C(=O)N1CCc2cc(NS(=O)(=O)c3cccc([N+](=O)[O-])c3)ccc21. The molecular formula is C19H21N3O5S. The number of amides is 1. The molecule has 0 aliphatic carbocycles. The van der Waals surface area contributed by atoms with Gasteiger partial charge in [-0.1, -0.05) is 26.8 Å². The largest absolute Gasteiger partial charge is 0.311 e. The molecule has 1 aliphatic heterocycles. The number of hydrogen-bond acceptors (Lipinski definition) is 5. The molecule has 0 aromatic heterocycles. The standard InChI is InChI=1S/C19H21N3O5S/c1-19(2,3)18(23)21-10-9-13-11-14(7-8-17(13)21)20-28(26,27)16-6-4-5-15(12-16)22(24)25/h4-8,11-12,20H,9-10H2,1-3H3. The molecule has 28 heavy (non-hydrogen) atoms. The number of sulfonamides is 1. The molecule has 0 bridgehead atoms. The summed E-state index contributed by atoms with van der Waals surface area (Å²) in [5.41, 5.74) is 1.18. The lowest BCUT2D eigenvalue weighted by Gasteiger charge is -2.26. The minimum atomic E-state index is -3.97. The van der Waals surface area contributed by atoms with Gasteiger partial charge in [0, 0.05) is 35.5 Å². The van der Waals surface area contributed by atoms with Gasteiger partial charge in [0.1, 0.15) is 0 Å². The number of nitrogens with one attached hydrogen (secondary N) is 1. The van der Waals surface area contributed by atoms with Gasteiger partial charge in [0.25, 0.3) is 15.7 Å². The van der Waals surface area contributed by atoms with Crippen molar-refractivity contribution in [2.24, 2.45) is 5.41 Å². The van der Waals surface area contributed by atoms with E-state index in [0.29, 0.717) is 18.7 Å². The van der Waals surface area contributed by atoms with Crippen LogP contribution in [0.1, 0.15) is 26.3 Å². The zero-order valence-corrected chi connectivity index (χ0v) is 16.6. The molecular weight excluding hydrogens is 382 g/mol. The minimum absolute atomic E-state index is 0.0103.